The molecule has 0 saturated heterocycles. The largest absolute Gasteiger partial charge is 0.384 e. The number of methoxy groups -OCH3 is 1. The van der Waals surface area contributed by atoms with E-state index in [4.69, 9.17) is 4.74 Å². The van der Waals surface area contributed by atoms with Crippen LogP contribution in [0.25, 0.3) is 0 Å². The van der Waals surface area contributed by atoms with Gasteiger partial charge in [0, 0.05) is 13.5 Å². The van der Waals surface area contributed by atoms with E-state index in [9.17, 15) is 4.79 Å². The zero-order valence-corrected chi connectivity index (χ0v) is 14.3. The highest BCUT2D eigenvalue weighted by atomic mass is 16.5. The zero-order chi connectivity index (χ0) is 15.6. The average molecular weight is 283 g/mol. The molecule has 2 heteroatoms. The molecule has 0 amide bonds. The minimum atomic E-state index is -0.313. The van der Waals surface area contributed by atoms with Crippen LogP contribution in [0.15, 0.2) is 0 Å². The Labute approximate surface area is 126 Å². The van der Waals surface area contributed by atoms with E-state index in [-0.39, 0.29) is 5.41 Å². The second-order valence-corrected chi connectivity index (χ2v) is 6.62. The van der Waals surface area contributed by atoms with Gasteiger partial charge in [0.25, 0.3) is 0 Å². The minimum absolute atomic E-state index is 0.313. The number of unbranched alkanes of at least 4 members (excludes halogenated alkanes) is 3. The van der Waals surface area contributed by atoms with Gasteiger partial charge in [0.05, 0.1) is 12.0 Å². The molecule has 1 radical (unpaired) electrons. The minimum Gasteiger partial charge on any atom is -0.384 e. The van der Waals surface area contributed by atoms with Crippen LogP contribution in [-0.4, -0.2) is 19.5 Å². The van der Waals surface area contributed by atoms with Crippen molar-refractivity contribution in [1.82, 2.24) is 0 Å². The fourth-order valence-electron chi connectivity index (χ4n) is 2.79. The van der Waals surface area contributed by atoms with E-state index in [0.29, 0.717) is 30.6 Å². The highest BCUT2D eigenvalue weighted by Crippen LogP contribution is 2.37. The summed E-state index contributed by atoms with van der Waals surface area (Å²) in [5.41, 5.74) is -0.313. The van der Waals surface area contributed by atoms with Crippen molar-refractivity contribution in [2.45, 2.75) is 72.6 Å². The number of hydrogen-bond donors (Lipinski definition) is 0. The van der Waals surface area contributed by atoms with E-state index < -0.39 is 0 Å². The van der Waals surface area contributed by atoms with Crippen molar-refractivity contribution in [3.8, 4) is 0 Å². The summed E-state index contributed by atoms with van der Waals surface area (Å²) in [6, 6.07) is 0. The van der Waals surface area contributed by atoms with Crippen molar-refractivity contribution in [3.63, 3.8) is 0 Å². The summed E-state index contributed by atoms with van der Waals surface area (Å²) in [5, 5.41) is 0. The van der Waals surface area contributed by atoms with E-state index in [1.165, 1.54) is 12.8 Å². The van der Waals surface area contributed by atoms with Gasteiger partial charge in [-0.15, -0.1) is 0 Å². The van der Waals surface area contributed by atoms with Gasteiger partial charge in [-0.05, 0) is 31.1 Å². The summed E-state index contributed by atoms with van der Waals surface area (Å²) in [5.74, 6) is 1.10. The number of hydrogen-bond acceptors (Lipinski definition) is 2. The van der Waals surface area contributed by atoms with Crippen molar-refractivity contribution < 1.29 is 9.53 Å². The molecule has 0 N–H and O–H groups in total. The molecule has 2 nitrogen and oxygen atoms in total. The van der Waals surface area contributed by atoms with Gasteiger partial charge in [0.15, 0.2) is 0 Å². The summed E-state index contributed by atoms with van der Waals surface area (Å²) in [6.45, 7) is 13.2. The first-order valence-corrected chi connectivity index (χ1v) is 8.26. The van der Waals surface area contributed by atoms with Crippen LogP contribution in [0.1, 0.15) is 72.6 Å². The Morgan fingerprint density at radius 3 is 2.30 bits per heavy atom. The van der Waals surface area contributed by atoms with Crippen LogP contribution in [0.3, 0.4) is 0 Å². The molecule has 0 aliphatic carbocycles. The molecule has 0 heterocycles. The number of carbonyl (C=O) groups is 1. The van der Waals surface area contributed by atoms with Gasteiger partial charge in [-0.3, -0.25) is 4.79 Å². The standard InChI is InChI=1S/C18H35O2/c1-7-8-9-10-11-17(19)18(14-20-6,16(4)5)13-12-15(2)3/h15-16H,2,7-14H2,1,3-6H3. The monoisotopic (exact) mass is 283 g/mol. The van der Waals surface area contributed by atoms with Crippen LogP contribution in [0.4, 0.5) is 0 Å². The molecule has 0 bridgehead atoms. The SMILES string of the molecule is [CH2]C(C)CCC(COC)(C(=O)CCCCCC)C(C)C. The summed E-state index contributed by atoms with van der Waals surface area (Å²) in [7, 11) is 1.70. The molecule has 0 aliphatic rings. The zero-order valence-electron chi connectivity index (χ0n) is 14.3. The second-order valence-electron chi connectivity index (χ2n) is 6.62. The first kappa shape index (κ1) is 19.6. The molecule has 0 rings (SSSR count). The number of ketones is 1. The molecule has 0 aromatic carbocycles. The lowest BCUT2D eigenvalue weighted by Crippen LogP contribution is -2.41. The molecule has 0 aromatic heterocycles. The first-order chi connectivity index (χ1) is 9.40. The molecule has 0 aromatic rings. The molecule has 0 fully saturated rings. The number of carbonyl (C=O) groups excluding carboxylic acids is 1. The Hall–Kier alpha value is -0.370. The topological polar surface area (TPSA) is 26.3 Å². The number of rotatable bonds is 12. The summed E-state index contributed by atoms with van der Waals surface area (Å²) >= 11 is 0. The van der Waals surface area contributed by atoms with E-state index in [1.807, 2.05) is 0 Å². The quantitative estimate of drug-likeness (QED) is 0.468. The van der Waals surface area contributed by atoms with Crippen LogP contribution < -0.4 is 0 Å². The van der Waals surface area contributed by atoms with Crippen LogP contribution in [0.2, 0.25) is 0 Å². The normalized spacial score (nSPS) is 14.8. The highest BCUT2D eigenvalue weighted by Gasteiger charge is 2.40. The molecule has 0 saturated carbocycles. The number of Topliss-reactive ketones (excluding diaryl/α,β-unsaturated/α-hetero) is 1. The third kappa shape index (κ3) is 6.39. The van der Waals surface area contributed by atoms with Crippen LogP contribution in [-0.2, 0) is 9.53 Å². The lowest BCUT2D eigenvalue weighted by atomic mass is 9.69. The molecule has 0 aliphatic heterocycles. The Morgan fingerprint density at radius 2 is 1.85 bits per heavy atom. The Bertz CT molecular complexity index is 258. The molecular weight excluding hydrogens is 248 g/mol. The summed E-state index contributed by atoms with van der Waals surface area (Å²) in [6.07, 6.45) is 7.20. The molecule has 20 heavy (non-hydrogen) atoms. The molecule has 0 spiro atoms. The number of ether oxygens (including phenoxy) is 1. The molecular formula is C18H35O2. The van der Waals surface area contributed by atoms with Gasteiger partial charge in [-0.25, -0.2) is 0 Å². The lowest BCUT2D eigenvalue weighted by molar-refractivity contribution is -0.136. The van der Waals surface area contributed by atoms with Gasteiger partial charge < -0.3 is 4.74 Å². The predicted octanol–water partition coefficient (Wildman–Crippen LogP) is 5.07. The third-order valence-corrected chi connectivity index (χ3v) is 4.40. The van der Waals surface area contributed by atoms with Crippen LogP contribution >= 0.6 is 0 Å². The molecule has 2 unspecified atom stereocenters. The Kier molecular flexibility index (Phi) is 10.2. The fraction of sp³-hybridized carbons (Fsp3) is 0.889. The van der Waals surface area contributed by atoms with Gasteiger partial charge in [0.2, 0.25) is 0 Å². The van der Waals surface area contributed by atoms with Crippen LogP contribution in [0.5, 0.6) is 0 Å². The van der Waals surface area contributed by atoms with Gasteiger partial charge >= 0.3 is 0 Å². The average Bonchev–Trinajstić information content (AvgIpc) is 2.38. The van der Waals surface area contributed by atoms with Gasteiger partial charge in [-0.2, -0.15) is 0 Å². The predicted molar refractivity (Wildman–Crippen MR) is 86.7 cm³/mol. The van der Waals surface area contributed by atoms with E-state index in [1.54, 1.807) is 7.11 Å². The van der Waals surface area contributed by atoms with Crippen molar-refractivity contribution >= 4 is 5.78 Å². The highest BCUT2D eigenvalue weighted by molar-refractivity contribution is 5.85. The summed E-state index contributed by atoms with van der Waals surface area (Å²) in [4.78, 5) is 12.8. The fourth-order valence-corrected chi connectivity index (χ4v) is 2.79. The van der Waals surface area contributed by atoms with E-state index in [2.05, 4.69) is 34.6 Å². The smallest absolute Gasteiger partial charge is 0.141 e. The lowest BCUT2D eigenvalue weighted by Gasteiger charge is -2.36. The van der Waals surface area contributed by atoms with Gasteiger partial charge in [-0.1, -0.05) is 53.9 Å². The Balaban J connectivity index is 4.73. The Morgan fingerprint density at radius 1 is 1.20 bits per heavy atom. The maximum Gasteiger partial charge on any atom is 0.141 e. The van der Waals surface area contributed by atoms with Crippen molar-refractivity contribution in [3.05, 3.63) is 6.92 Å². The third-order valence-electron chi connectivity index (χ3n) is 4.40. The van der Waals surface area contributed by atoms with Gasteiger partial charge in [0.1, 0.15) is 5.78 Å². The maximum absolute atomic E-state index is 12.8. The van der Waals surface area contributed by atoms with Crippen LogP contribution in [0, 0.1) is 24.2 Å². The van der Waals surface area contributed by atoms with Crippen molar-refractivity contribution in [1.29, 1.82) is 0 Å². The van der Waals surface area contributed by atoms with E-state index >= 15 is 0 Å². The maximum atomic E-state index is 12.8. The molecule has 2 atom stereocenters. The van der Waals surface area contributed by atoms with Crippen molar-refractivity contribution in [2.24, 2.45) is 17.3 Å². The summed E-state index contributed by atoms with van der Waals surface area (Å²) < 4.78 is 5.41. The van der Waals surface area contributed by atoms with E-state index in [0.717, 1.165) is 25.7 Å². The second kappa shape index (κ2) is 10.4. The van der Waals surface area contributed by atoms with Crippen molar-refractivity contribution in [2.75, 3.05) is 13.7 Å². The molecule has 119 valence electrons. The first-order valence-electron chi connectivity index (χ1n) is 8.26.